The fourth-order valence-electron chi connectivity index (χ4n) is 5.03. The Balaban J connectivity index is 0.000000291. The number of piperazine rings is 1. The van der Waals surface area contributed by atoms with Gasteiger partial charge in [0.05, 0.1) is 18.6 Å². The summed E-state index contributed by atoms with van der Waals surface area (Å²) in [5.74, 6) is 0.368. The molecule has 1 amide bonds. The second kappa shape index (κ2) is 15.6. The predicted molar refractivity (Wildman–Crippen MR) is 148 cm³/mol. The first-order valence-electron chi connectivity index (χ1n) is 13.5. The third-order valence-electron chi connectivity index (χ3n) is 7.35. The summed E-state index contributed by atoms with van der Waals surface area (Å²) in [6.45, 7) is 12.4. The van der Waals surface area contributed by atoms with Crippen molar-refractivity contribution in [3.8, 4) is 5.75 Å². The molecule has 1 aliphatic heterocycles. The maximum absolute atomic E-state index is 12.7. The number of rotatable bonds is 10. The van der Waals surface area contributed by atoms with Crippen LogP contribution in [0, 0.1) is 13.8 Å². The molecule has 37 heavy (non-hydrogen) atoms. The second-order valence-corrected chi connectivity index (χ2v) is 11.9. The molecule has 10 heteroatoms. The number of likely N-dealkylation sites (N-methyl/N-ethyl adjacent to an activating group) is 3. The quantitative estimate of drug-likeness (QED) is 0.456. The van der Waals surface area contributed by atoms with E-state index in [1.807, 2.05) is 0 Å². The first kappa shape index (κ1) is 31.5. The summed E-state index contributed by atoms with van der Waals surface area (Å²) in [4.78, 5) is 16.6. The highest BCUT2D eigenvalue weighted by Gasteiger charge is 2.26. The van der Waals surface area contributed by atoms with Crippen LogP contribution in [0.25, 0.3) is 0 Å². The molecule has 1 aliphatic carbocycles. The fraction of sp³-hybridized carbons (Fsp3) is 0.741. The SMILES string of the molecule is CCN1CCN(C2CCCCC2)CC1.CNC(=O)COCCN(C)S(=O)(=O)c1c(C)cc(OC)cc1C. The zero-order valence-electron chi connectivity index (χ0n) is 23.7. The van der Waals surface area contributed by atoms with E-state index in [2.05, 4.69) is 22.0 Å². The van der Waals surface area contributed by atoms with Gasteiger partial charge in [-0.2, -0.15) is 4.31 Å². The van der Waals surface area contributed by atoms with E-state index in [4.69, 9.17) is 9.47 Å². The van der Waals surface area contributed by atoms with Crippen LogP contribution in [-0.4, -0.2) is 108 Å². The Hall–Kier alpha value is -1.72. The van der Waals surface area contributed by atoms with Crippen molar-refractivity contribution in [2.75, 3.05) is 73.7 Å². The first-order chi connectivity index (χ1) is 17.6. The van der Waals surface area contributed by atoms with E-state index in [0.29, 0.717) is 16.9 Å². The summed E-state index contributed by atoms with van der Waals surface area (Å²) >= 11 is 0. The molecule has 2 aliphatic rings. The molecule has 1 N–H and O–H groups in total. The molecule has 0 unspecified atom stereocenters. The van der Waals surface area contributed by atoms with Crippen molar-refractivity contribution in [2.24, 2.45) is 0 Å². The Morgan fingerprint density at radius 2 is 1.68 bits per heavy atom. The van der Waals surface area contributed by atoms with E-state index in [1.54, 1.807) is 26.0 Å². The number of hydrogen-bond donors (Lipinski definition) is 1. The van der Waals surface area contributed by atoms with Crippen molar-refractivity contribution >= 4 is 15.9 Å². The van der Waals surface area contributed by atoms with Gasteiger partial charge in [-0.15, -0.1) is 0 Å². The van der Waals surface area contributed by atoms with Crippen LogP contribution in [0.1, 0.15) is 50.2 Å². The van der Waals surface area contributed by atoms with Crippen LogP contribution in [0.3, 0.4) is 0 Å². The van der Waals surface area contributed by atoms with Gasteiger partial charge in [0.25, 0.3) is 0 Å². The van der Waals surface area contributed by atoms with E-state index in [-0.39, 0.29) is 30.6 Å². The number of hydrogen-bond acceptors (Lipinski definition) is 7. The van der Waals surface area contributed by atoms with Gasteiger partial charge >= 0.3 is 0 Å². The molecule has 0 atom stereocenters. The number of carbonyl (C=O) groups is 1. The van der Waals surface area contributed by atoms with Gasteiger partial charge in [0.1, 0.15) is 12.4 Å². The van der Waals surface area contributed by atoms with Crippen LogP contribution in [0.2, 0.25) is 0 Å². The summed E-state index contributed by atoms with van der Waals surface area (Å²) in [7, 11) is 0.905. The molecule has 1 saturated carbocycles. The van der Waals surface area contributed by atoms with Gasteiger partial charge in [-0.05, 0) is 56.5 Å². The predicted octanol–water partition coefficient (Wildman–Crippen LogP) is 2.65. The zero-order chi connectivity index (χ0) is 27.4. The lowest BCUT2D eigenvalue weighted by Gasteiger charge is -2.40. The average Bonchev–Trinajstić information content (AvgIpc) is 2.91. The van der Waals surface area contributed by atoms with Gasteiger partial charge in [0.2, 0.25) is 15.9 Å². The lowest BCUT2D eigenvalue weighted by Crippen LogP contribution is -2.50. The second-order valence-electron chi connectivity index (χ2n) is 9.90. The van der Waals surface area contributed by atoms with Crippen LogP contribution >= 0.6 is 0 Å². The summed E-state index contributed by atoms with van der Waals surface area (Å²) in [6, 6.07) is 4.31. The third kappa shape index (κ3) is 9.51. The Morgan fingerprint density at radius 1 is 1.08 bits per heavy atom. The minimum absolute atomic E-state index is 0.0923. The highest BCUT2D eigenvalue weighted by molar-refractivity contribution is 7.89. The highest BCUT2D eigenvalue weighted by atomic mass is 32.2. The molecule has 0 radical (unpaired) electrons. The van der Waals surface area contributed by atoms with Gasteiger partial charge in [0, 0.05) is 52.9 Å². The lowest BCUT2D eigenvalue weighted by atomic mass is 9.94. The van der Waals surface area contributed by atoms with Gasteiger partial charge in [-0.25, -0.2) is 8.42 Å². The summed E-state index contributed by atoms with van der Waals surface area (Å²) in [6.07, 6.45) is 7.35. The molecule has 0 bridgehead atoms. The normalized spacial score (nSPS) is 17.8. The van der Waals surface area contributed by atoms with Crippen LogP contribution in [0.15, 0.2) is 17.0 Å². The Kier molecular flexibility index (Phi) is 13.3. The van der Waals surface area contributed by atoms with Crippen molar-refractivity contribution in [1.82, 2.24) is 19.4 Å². The minimum Gasteiger partial charge on any atom is -0.497 e. The monoisotopic (exact) mass is 540 g/mol. The van der Waals surface area contributed by atoms with Crippen molar-refractivity contribution in [2.45, 2.75) is 63.8 Å². The number of methoxy groups -OCH3 is 1. The molecule has 1 aromatic carbocycles. The molecular weight excluding hydrogens is 492 g/mol. The van der Waals surface area contributed by atoms with E-state index >= 15 is 0 Å². The highest BCUT2D eigenvalue weighted by Crippen LogP contribution is 2.27. The molecule has 0 aromatic heterocycles. The van der Waals surface area contributed by atoms with E-state index in [1.165, 1.54) is 90.3 Å². The average molecular weight is 541 g/mol. The minimum atomic E-state index is -3.63. The Morgan fingerprint density at radius 3 is 2.19 bits per heavy atom. The molecule has 1 heterocycles. The van der Waals surface area contributed by atoms with Crippen LogP contribution in [0.5, 0.6) is 5.75 Å². The number of benzene rings is 1. The largest absolute Gasteiger partial charge is 0.497 e. The maximum atomic E-state index is 12.7. The van der Waals surface area contributed by atoms with Gasteiger partial charge < -0.3 is 19.7 Å². The van der Waals surface area contributed by atoms with Gasteiger partial charge in [-0.1, -0.05) is 26.2 Å². The zero-order valence-corrected chi connectivity index (χ0v) is 24.5. The first-order valence-corrected chi connectivity index (χ1v) is 14.9. The molecule has 9 nitrogen and oxygen atoms in total. The van der Waals surface area contributed by atoms with Crippen molar-refractivity contribution in [1.29, 1.82) is 0 Å². The summed E-state index contributed by atoms with van der Waals surface area (Å²) in [5, 5.41) is 2.43. The third-order valence-corrected chi connectivity index (χ3v) is 9.51. The fourth-order valence-corrected chi connectivity index (χ4v) is 6.59. The topological polar surface area (TPSA) is 91.4 Å². The molecule has 1 saturated heterocycles. The Bertz CT molecular complexity index is 919. The molecule has 3 rings (SSSR count). The molecule has 212 valence electrons. The lowest BCUT2D eigenvalue weighted by molar-refractivity contribution is -0.125. The Labute approximate surface area is 224 Å². The molecule has 2 fully saturated rings. The van der Waals surface area contributed by atoms with E-state index < -0.39 is 10.0 Å². The maximum Gasteiger partial charge on any atom is 0.245 e. The van der Waals surface area contributed by atoms with Crippen molar-refractivity contribution < 1.29 is 22.7 Å². The van der Waals surface area contributed by atoms with Crippen LogP contribution in [-0.2, 0) is 19.6 Å². The smallest absolute Gasteiger partial charge is 0.245 e. The van der Waals surface area contributed by atoms with E-state index in [9.17, 15) is 13.2 Å². The number of aryl methyl sites for hydroxylation is 2. The molecular formula is C27H48N4O5S. The standard InChI is InChI=1S/C15H24N2O5S.C12H24N2/c1-11-8-13(21-5)9-12(2)15(11)23(19,20)17(4)6-7-22-10-14(18)16-3;1-2-13-8-10-14(11-9-13)12-6-4-3-5-7-12/h8-9H,6-7,10H2,1-5H3,(H,16,18);12H,2-11H2,1H3. The summed E-state index contributed by atoms with van der Waals surface area (Å²) in [5.41, 5.74) is 1.25. The van der Waals surface area contributed by atoms with Crippen LogP contribution in [0.4, 0.5) is 0 Å². The van der Waals surface area contributed by atoms with Crippen molar-refractivity contribution in [3.63, 3.8) is 0 Å². The van der Waals surface area contributed by atoms with Crippen molar-refractivity contribution in [3.05, 3.63) is 23.3 Å². The summed E-state index contributed by atoms with van der Waals surface area (Å²) < 4.78 is 36.9. The van der Waals surface area contributed by atoms with Gasteiger partial charge in [0.15, 0.2) is 0 Å². The van der Waals surface area contributed by atoms with Gasteiger partial charge in [-0.3, -0.25) is 9.69 Å². The number of carbonyl (C=O) groups excluding carboxylic acids is 1. The van der Waals surface area contributed by atoms with Crippen LogP contribution < -0.4 is 10.1 Å². The number of amides is 1. The number of sulfonamides is 1. The van der Waals surface area contributed by atoms with E-state index in [0.717, 1.165) is 6.04 Å². The molecule has 1 aromatic rings. The number of nitrogens with zero attached hydrogens (tertiary/aromatic N) is 3. The molecule has 0 spiro atoms. The number of ether oxygens (including phenoxy) is 2. The number of nitrogens with one attached hydrogen (secondary N) is 1.